The fraction of sp³-hybridized carbons (Fsp3) is 0.600. The first-order valence-electron chi connectivity index (χ1n) is 6.14. The summed E-state index contributed by atoms with van der Waals surface area (Å²) >= 11 is 0. The van der Waals surface area contributed by atoms with E-state index in [4.69, 9.17) is 0 Å². The van der Waals surface area contributed by atoms with Crippen molar-refractivity contribution in [3.8, 4) is 0 Å². The summed E-state index contributed by atoms with van der Waals surface area (Å²) < 4.78 is 0. The zero-order valence-corrected chi connectivity index (χ0v) is 10.00. The third-order valence-electron chi connectivity index (χ3n) is 4.64. The highest BCUT2D eigenvalue weighted by Gasteiger charge is 2.46. The summed E-state index contributed by atoms with van der Waals surface area (Å²) in [6, 6.07) is 0. The quantitative estimate of drug-likeness (QED) is 0.594. The van der Waals surface area contributed by atoms with E-state index in [0.717, 1.165) is 36.5 Å². The van der Waals surface area contributed by atoms with Gasteiger partial charge in [0.15, 0.2) is 0 Å². The molecule has 0 amide bonds. The molecule has 2 rings (SSSR count). The Balaban J connectivity index is 2.31. The summed E-state index contributed by atoms with van der Waals surface area (Å²) in [6.45, 7) is 12.6. The van der Waals surface area contributed by atoms with Crippen LogP contribution >= 0.6 is 0 Å². The first-order valence-corrected chi connectivity index (χ1v) is 6.14. The van der Waals surface area contributed by atoms with E-state index in [2.05, 4.69) is 39.2 Å². The van der Waals surface area contributed by atoms with Gasteiger partial charge in [0.2, 0.25) is 0 Å². The molecule has 1 fully saturated rings. The molecule has 0 saturated heterocycles. The van der Waals surface area contributed by atoms with Crippen LogP contribution in [0.3, 0.4) is 0 Å². The van der Waals surface area contributed by atoms with Gasteiger partial charge in [-0.05, 0) is 42.9 Å². The van der Waals surface area contributed by atoms with E-state index in [0.29, 0.717) is 0 Å². The van der Waals surface area contributed by atoms with Crippen LogP contribution in [0.25, 0.3) is 0 Å². The molecule has 0 radical (unpaired) electrons. The van der Waals surface area contributed by atoms with Crippen molar-refractivity contribution in [2.24, 2.45) is 23.7 Å². The lowest BCUT2D eigenvalue weighted by Gasteiger charge is -2.29. The van der Waals surface area contributed by atoms with Gasteiger partial charge in [0.25, 0.3) is 0 Å². The normalized spacial score (nSPS) is 38.5. The molecular weight excluding hydrogens is 180 g/mol. The minimum Gasteiger partial charge on any atom is -0.103 e. The second-order valence-corrected chi connectivity index (χ2v) is 5.20. The Morgan fingerprint density at radius 2 is 1.40 bits per heavy atom. The zero-order valence-electron chi connectivity index (χ0n) is 10.00. The molecule has 2 aliphatic carbocycles. The summed E-state index contributed by atoms with van der Waals surface area (Å²) in [6.07, 6.45) is 7.73. The number of fused-ring (bicyclic) bond motifs is 2. The van der Waals surface area contributed by atoms with Crippen molar-refractivity contribution in [1.82, 2.24) is 0 Å². The highest BCUT2D eigenvalue weighted by Crippen LogP contribution is 2.56. The lowest BCUT2D eigenvalue weighted by Crippen LogP contribution is -2.20. The fourth-order valence-corrected chi connectivity index (χ4v) is 3.71. The molecule has 2 bridgehead atoms. The largest absolute Gasteiger partial charge is 0.103 e. The van der Waals surface area contributed by atoms with Crippen LogP contribution in [0.1, 0.15) is 33.1 Å². The predicted molar refractivity (Wildman–Crippen MR) is 66.6 cm³/mol. The molecule has 0 aliphatic heterocycles. The van der Waals surface area contributed by atoms with E-state index in [-0.39, 0.29) is 0 Å². The van der Waals surface area contributed by atoms with Crippen molar-refractivity contribution in [2.75, 3.05) is 0 Å². The molecule has 0 spiro atoms. The van der Waals surface area contributed by atoms with Gasteiger partial charge in [-0.25, -0.2) is 0 Å². The molecule has 0 heterocycles. The average molecular weight is 202 g/mol. The lowest BCUT2D eigenvalue weighted by atomic mass is 9.76. The maximum atomic E-state index is 3.89. The van der Waals surface area contributed by atoms with Crippen LogP contribution in [0.15, 0.2) is 36.5 Å². The van der Waals surface area contributed by atoms with Crippen molar-refractivity contribution in [2.45, 2.75) is 33.1 Å². The third-order valence-corrected chi connectivity index (χ3v) is 4.64. The van der Waals surface area contributed by atoms with Gasteiger partial charge in [-0.15, -0.1) is 13.2 Å². The Bertz CT molecular complexity index is 278. The first-order chi connectivity index (χ1) is 7.20. The monoisotopic (exact) mass is 202 g/mol. The molecule has 0 heteroatoms. The number of rotatable bonds is 4. The summed E-state index contributed by atoms with van der Waals surface area (Å²) in [5, 5.41) is 0. The molecule has 0 aromatic heterocycles. The van der Waals surface area contributed by atoms with Crippen molar-refractivity contribution < 1.29 is 0 Å². The molecule has 1 saturated carbocycles. The van der Waals surface area contributed by atoms with E-state index in [1.807, 2.05) is 0 Å². The predicted octanol–water partition coefficient (Wildman–Crippen LogP) is 4.36. The Morgan fingerprint density at radius 1 is 1.00 bits per heavy atom. The zero-order chi connectivity index (χ0) is 11.0. The van der Waals surface area contributed by atoms with Crippen LogP contribution in [0.4, 0.5) is 0 Å². The lowest BCUT2D eigenvalue weighted by molar-refractivity contribution is 0.338. The smallest absolute Gasteiger partial charge is 0.0136 e. The highest BCUT2D eigenvalue weighted by molar-refractivity contribution is 5.34. The Hall–Kier alpha value is -0.780. The molecule has 0 nitrogen and oxygen atoms in total. The van der Waals surface area contributed by atoms with E-state index >= 15 is 0 Å². The third kappa shape index (κ3) is 1.51. The molecule has 0 aromatic rings. The fourth-order valence-electron chi connectivity index (χ4n) is 3.71. The second kappa shape index (κ2) is 4.00. The molecular formula is C15H22. The van der Waals surface area contributed by atoms with Gasteiger partial charge < -0.3 is 0 Å². The maximum absolute atomic E-state index is 3.89. The number of hydrogen-bond donors (Lipinski definition) is 0. The van der Waals surface area contributed by atoms with Gasteiger partial charge in [0.1, 0.15) is 0 Å². The van der Waals surface area contributed by atoms with E-state index in [9.17, 15) is 0 Å². The van der Waals surface area contributed by atoms with E-state index in [1.165, 1.54) is 6.42 Å². The van der Waals surface area contributed by atoms with Crippen LogP contribution in [0.2, 0.25) is 0 Å². The summed E-state index contributed by atoms with van der Waals surface area (Å²) in [5.74, 6) is 3.44. The van der Waals surface area contributed by atoms with Crippen molar-refractivity contribution in [1.29, 1.82) is 0 Å². The van der Waals surface area contributed by atoms with Crippen LogP contribution in [0.5, 0.6) is 0 Å². The molecule has 4 unspecified atom stereocenters. The summed E-state index contributed by atoms with van der Waals surface area (Å²) in [7, 11) is 0. The SMILES string of the molecule is C=CCC1=C(CC=C)C2CC1C(C)C2C. The van der Waals surface area contributed by atoms with Crippen molar-refractivity contribution in [3.05, 3.63) is 36.5 Å². The van der Waals surface area contributed by atoms with Crippen LogP contribution < -0.4 is 0 Å². The molecule has 82 valence electrons. The van der Waals surface area contributed by atoms with Crippen LogP contribution in [-0.4, -0.2) is 0 Å². The number of allylic oxidation sites excluding steroid dienone is 4. The molecule has 2 aliphatic rings. The van der Waals surface area contributed by atoms with Gasteiger partial charge in [0.05, 0.1) is 0 Å². The van der Waals surface area contributed by atoms with E-state index in [1.54, 1.807) is 11.1 Å². The molecule has 0 aromatic carbocycles. The van der Waals surface area contributed by atoms with Crippen LogP contribution in [-0.2, 0) is 0 Å². The minimum absolute atomic E-state index is 0.845. The minimum atomic E-state index is 0.845. The van der Waals surface area contributed by atoms with Crippen molar-refractivity contribution in [3.63, 3.8) is 0 Å². The van der Waals surface area contributed by atoms with Gasteiger partial charge in [-0.3, -0.25) is 0 Å². The van der Waals surface area contributed by atoms with Gasteiger partial charge in [-0.2, -0.15) is 0 Å². The summed E-state index contributed by atoms with van der Waals surface area (Å²) in [5.41, 5.74) is 3.39. The Morgan fingerprint density at radius 3 is 1.73 bits per heavy atom. The van der Waals surface area contributed by atoms with Gasteiger partial charge in [-0.1, -0.05) is 37.1 Å². The molecule has 15 heavy (non-hydrogen) atoms. The van der Waals surface area contributed by atoms with Crippen molar-refractivity contribution >= 4 is 0 Å². The topological polar surface area (TPSA) is 0 Å². The van der Waals surface area contributed by atoms with Gasteiger partial charge in [0, 0.05) is 0 Å². The Labute approximate surface area is 93.8 Å². The molecule has 0 N–H and O–H groups in total. The second-order valence-electron chi connectivity index (χ2n) is 5.20. The van der Waals surface area contributed by atoms with Gasteiger partial charge >= 0.3 is 0 Å². The average Bonchev–Trinajstić information content (AvgIpc) is 2.69. The van der Waals surface area contributed by atoms with E-state index < -0.39 is 0 Å². The standard InChI is InChI=1S/C15H22/c1-5-7-12-13(8-6-2)15-9-14(12)10(3)11(15)4/h5-6,10-11,14-15H,1-2,7-9H2,3-4H3. The Kier molecular flexibility index (Phi) is 2.86. The first kappa shape index (κ1) is 10.7. The molecule has 4 atom stereocenters. The van der Waals surface area contributed by atoms with Crippen LogP contribution in [0, 0.1) is 23.7 Å². The highest BCUT2D eigenvalue weighted by atomic mass is 14.5. The number of hydrogen-bond acceptors (Lipinski definition) is 0. The maximum Gasteiger partial charge on any atom is -0.0136 e. The summed E-state index contributed by atoms with van der Waals surface area (Å²) in [4.78, 5) is 0.